The Morgan fingerprint density at radius 2 is 1.86 bits per heavy atom. The lowest BCUT2D eigenvalue weighted by Gasteiger charge is -2.29. The van der Waals surface area contributed by atoms with Crippen LogP contribution in [0, 0.1) is 0 Å². The van der Waals surface area contributed by atoms with Crippen molar-refractivity contribution in [2.45, 2.75) is 64.1 Å². The first-order valence-corrected chi connectivity index (χ1v) is 9.72. The molecule has 2 amide bonds. The summed E-state index contributed by atoms with van der Waals surface area (Å²) in [4.78, 5) is 24.2. The van der Waals surface area contributed by atoms with Gasteiger partial charge in [-0.1, -0.05) is 0 Å². The van der Waals surface area contributed by atoms with Crippen LogP contribution < -0.4 is 34.6 Å². The van der Waals surface area contributed by atoms with Gasteiger partial charge >= 0.3 is 6.09 Å². The molecule has 0 aromatic carbocycles. The Morgan fingerprint density at radius 1 is 1.27 bits per heavy atom. The lowest BCUT2D eigenvalue weighted by atomic mass is 9.93. The van der Waals surface area contributed by atoms with Gasteiger partial charge in [0.2, 0.25) is 5.91 Å². The minimum atomic E-state index is -0.557. The van der Waals surface area contributed by atoms with Crippen molar-refractivity contribution in [1.82, 2.24) is 10.6 Å². The average Bonchev–Trinajstić information content (AvgIpc) is 2.26. The number of hydrogen-bond acceptors (Lipinski definition) is 3. The summed E-state index contributed by atoms with van der Waals surface area (Å²) in [5, 5.41) is 5.72. The second-order valence-corrected chi connectivity index (χ2v) is 9.19. The minimum Gasteiger partial charge on any atom is -1.00 e. The van der Waals surface area contributed by atoms with Crippen LogP contribution >= 0.6 is 0 Å². The van der Waals surface area contributed by atoms with E-state index in [9.17, 15) is 9.59 Å². The van der Waals surface area contributed by atoms with Crippen molar-refractivity contribution in [2.24, 2.45) is 0 Å². The third kappa shape index (κ3) is 9.07. The number of rotatable bonds is 6. The third-order valence-electron chi connectivity index (χ3n) is 3.27. The summed E-state index contributed by atoms with van der Waals surface area (Å²) in [6.45, 7) is 5.43. The molecule has 0 aromatic rings. The molecule has 0 aliphatic heterocycles. The Labute approximate surface area is 154 Å². The van der Waals surface area contributed by atoms with Crippen LogP contribution in [0.5, 0.6) is 0 Å². The Kier molecular flexibility index (Phi) is 9.77. The summed E-state index contributed by atoms with van der Waals surface area (Å²) in [6.07, 6.45) is 7.63. The van der Waals surface area contributed by atoms with Crippen LogP contribution in [-0.2, 0) is 20.4 Å². The molecule has 0 bridgehead atoms. The molecule has 5 nitrogen and oxygen atoms in total. The second-order valence-electron chi connectivity index (χ2n) is 6.81. The molecule has 22 heavy (non-hydrogen) atoms. The molecule has 0 radical (unpaired) electrons. The maximum Gasteiger partial charge on any atom is 0.408 e. The maximum atomic E-state index is 12.3. The highest BCUT2D eigenvalue weighted by Crippen LogP contribution is 2.18. The monoisotopic (exact) mass is 444 g/mol. The van der Waals surface area contributed by atoms with E-state index in [2.05, 4.69) is 23.1 Å². The molecule has 1 saturated carbocycles. The van der Waals surface area contributed by atoms with E-state index in [-0.39, 0.29) is 46.8 Å². The van der Waals surface area contributed by atoms with Crippen molar-refractivity contribution in [3.8, 4) is 0 Å². The van der Waals surface area contributed by atoms with Crippen molar-refractivity contribution in [1.29, 1.82) is 0 Å². The van der Waals surface area contributed by atoms with E-state index >= 15 is 0 Å². The third-order valence-corrected chi connectivity index (χ3v) is 4.33. The molecule has 0 heterocycles. The van der Waals surface area contributed by atoms with Gasteiger partial charge in [0.25, 0.3) is 0 Å². The fraction of sp³-hybridized carbons (Fsp3) is 0.867. The number of alkyl carbamates (subject to hydrolysis) is 1. The normalized spacial score (nSPS) is 16.3. The predicted octanol–water partition coefficient (Wildman–Crippen LogP) is -1.18. The van der Waals surface area contributed by atoms with Crippen molar-refractivity contribution in [3.05, 3.63) is 0 Å². The van der Waals surface area contributed by atoms with Crippen LogP contribution in [0.4, 0.5) is 4.79 Å². The molecule has 130 valence electrons. The van der Waals surface area contributed by atoms with E-state index in [0.29, 0.717) is 6.42 Å². The summed E-state index contributed by atoms with van der Waals surface area (Å²) >= 11 is 0. The minimum absolute atomic E-state index is 0. The Hall–Kier alpha value is -0.180. The summed E-state index contributed by atoms with van der Waals surface area (Å²) in [6, 6.07) is -0.225. The van der Waals surface area contributed by atoms with Crippen molar-refractivity contribution < 1.29 is 38.3 Å². The molecule has 0 saturated heterocycles. The molecule has 0 aromatic heterocycles. The molecule has 1 aliphatic carbocycles. The number of amides is 2. The van der Waals surface area contributed by atoms with Crippen molar-refractivity contribution in [2.75, 3.05) is 18.3 Å². The molecule has 1 fully saturated rings. The van der Waals surface area contributed by atoms with Gasteiger partial charge in [0, 0.05) is 12.5 Å². The first kappa shape index (κ1) is 21.8. The summed E-state index contributed by atoms with van der Waals surface area (Å²) in [7, 11) is 0.241. The summed E-state index contributed by atoms with van der Waals surface area (Å²) in [5.41, 5.74) is -0.557. The van der Waals surface area contributed by atoms with E-state index in [1.54, 1.807) is 0 Å². The van der Waals surface area contributed by atoms with E-state index < -0.39 is 17.7 Å². The number of nitrogens with one attached hydrogen (secondary N) is 2. The van der Waals surface area contributed by atoms with Crippen LogP contribution in [-0.4, -0.2) is 47.9 Å². The molecule has 0 spiro atoms. The van der Waals surface area contributed by atoms with Gasteiger partial charge in [-0.2, -0.15) is 0 Å². The highest BCUT2D eigenvalue weighted by molar-refractivity contribution is 7.95. The van der Waals surface area contributed by atoms with Crippen LogP contribution in [0.3, 0.4) is 0 Å². The number of halogens is 1. The topological polar surface area (TPSA) is 67.4 Å². The SMILES string of the molecule is C[S+](C)CCC(NC(=O)OC(C)(C)C)C(=O)NC1CCC1.[I-]. The fourth-order valence-corrected chi connectivity index (χ4v) is 2.63. The maximum absolute atomic E-state index is 12.3. The first-order valence-electron chi connectivity index (χ1n) is 7.51. The second kappa shape index (κ2) is 9.85. The van der Waals surface area contributed by atoms with E-state index in [1.807, 2.05) is 20.8 Å². The zero-order valence-electron chi connectivity index (χ0n) is 14.2. The van der Waals surface area contributed by atoms with Crippen LogP contribution in [0.2, 0.25) is 0 Å². The quantitative estimate of drug-likeness (QED) is 0.401. The van der Waals surface area contributed by atoms with Crippen molar-refractivity contribution in [3.63, 3.8) is 0 Å². The first-order chi connectivity index (χ1) is 9.67. The lowest BCUT2D eigenvalue weighted by Crippen LogP contribution is -3.00. The molecule has 2 N–H and O–H groups in total. The van der Waals surface area contributed by atoms with Gasteiger partial charge in [0.15, 0.2) is 0 Å². The summed E-state index contributed by atoms with van der Waals surface area (Å²) in [5.74, 6) is 0.828. The van der Waals surface area contributed by atoms with E-state index in [0.717, 1.165) is 18.6 Å². The molecule has 7 heteroatoms. The number of carbonyl (C=O) groups excluding carboxylic acids is 2. The Bertz CT molecular complexity index is 368. The zero-order chi connectivity index (χ0) is 16.0. The average molecular weight is 444 g/mol. The van der Waals surface area contributed by atoms with Gasteiger partial charge in [0.05, 0.1) is 12.5 Å². The standard InChI is InChI=1S/C15H28N2O3S.HI/c1-15(2,3)20-14(19)17-12(9-10-21(4)5)13(18)16-11-7-6-8-11;/h11-12H,6-10H2,1-5H3,(H-,16,17,18,19);1H. The molecular weight excluding hydrogens is 415 g/mol. The predicted molar refractivity (Wildman–Crippen MR) is 87.6 cm³/mol. The number of hydrogen-bond donors (Lipinski definition) is 2. The van der Waals surface area contributed by atoms with Gasteiger partial charge < -0.3 is 39.3 Å². The van der Waals surface area contributed by atoms with Gasteiger partial charge in [-0.25, -0.2) is 4.79 Å². The Balaban J connectivity index is 0.00000441. The highest BCUT2D eigenvalue weighted by atomic mass is 127. The molecule has 1 unspecified atom stereocenters. The number of carbonyl (C=O) groups is 2. The van der Waals surface area contributed by atoms with Gasteiger partial charge in [-0.15, -0.1) is 0 Å². The van der Waals surface area contributed by atoms with E-state index in [1.165, 1.54) is 6.42 Å². The van der Waals surface area contributed by atoms with Crippen molar-refractivity contribution >= 4 is 22.9 Å². The van der Waals surface area contributed by atoms with Crippen LogP contribution in [0.25, 0.3) is 0 Å². The molecule has 1 aliphatic rings. The zero-order valence-corrected chi connectivity index (χ0v) is 17.2. The van der Waals surface area contributed by atoms with Gasteiger partial charge in [-0.3, -0.25) is 4.79 Å². The largest absolute Gasteiger partial charge is 1.00 e. The van der Waals surface area contributed by atoms with E-state index in [4.69, 9.17) is 4.74 Å². The number of ether oxygens (including phenoxy) is 1. The summed E-state index contributed by atoms with van der Waals surface area (Å²) < 4.78 is 5.24. The smallest absolute Gasteiger partial charge is 0.408 e. The Morgan fingerprint density at radius 3 is 2.27 bits per heavy atom. The molecular formula is C15H29IN2O3S. The lowest BCUT2D eigenvalue weighted by molar-refractivity contribution is -0.124. The molecule has 1 rings (SSSR count). The fourth-order valence-electron chi connectivity index (χ4n) is 1.93. The van der Waals surface area contributed by atoms with Gasteiger partial charge in [-0.05, 0) is 50.9 Å². The van der Waals surface area contributed by atoms with Crippen LogP contribution in [0.1, 0.15) is 46.5 Å². The van der Waals surface area contributed by atoms with Gasteiger partial charge in [0.1, 0.15) is 17.4 Å². The highest BCUT2D eigenvalue weighted by Gasteiger charge is 2.28. The molecule has 1 atom stereocenters. The van der Waals surface area contributed by atoms with Crippen LogP contribution in [0.15, 0.2) is 0 Å².